The molecule has 0 bridgehead atoms. The van der Waals surface area contributed by atoms with E-state index in [0.29, 0.717) is 11.9 Å². The zero-order valence-corrected chi connectivity index (χ0v) is 17.1. The monoisotopic (exact) mass is 398 g/mol. The van der Waals surface area contributed by atoms with Crippen LogP contribution in [0.2, 0.25) is 0 Å². The van der Waals surface area contributed by atoms with Crippen LogP contribution in [0.25, 0.3) is 0 Å². The lowest BCUT2D eigenvalue weighted by Crippen LogP contribution is -2.48. The Morgan fingerprint density at radius 1 is 1.14 bits per heavy atom. The molecule has 1 aliphatic heterocycles. The Labute approximate surface area is 171 Å². The van der Waals surface area contributed by atoms with Crippen molar-refractivity contribution in [1.82, 2.24) is 20.4 Å². The number of amides is 2. The summed E-state index contributed by atoms with van der Waals surface area (Å²) in [6.07, 6.45) is 7.67. The lowest BCUT2D eigenvalue weighted by molar-refractivity contribution is 0.173. The first kappa shape index (κ1) is 19.7. The highest BCUT2D eigenvalue weighted by Gasteiger charge is 2.28. The van der Waals surface area contributed by atoms with Crippen LogP contribution in [0.15, 0.2) is 28.8 Å². The summed E-state index contributed by atoms with van der Waals surface area (Å²) in [6.45, 7) is 3.76. The third kappa shape index (κ3) is 5.28. The van der Waals surface area contributed by atoms with Gasteiger partial charge in [-0.15, -0.1) is 0 Å². The van der Waals surface area contributed by atoms with Crippen molar-refractivity contribution in [3.05, 3.63) is 41.5 Å². The van der Waals surface area contributed by atoms with Crippen molar-refractivity contribution in [2.24, 2.45) is 0 Å². The second-order valence-electron chi connectivity index (χ2n) is 8.19. The Morgan fingerprint density at radius 3 is 2.59 bits per heavy atom. The summed E-state index contributed by atoms with van der Waals surface area (Å²) in [5.41, 5.74) is 1.19. The number of rotatable bonds is 5. The maximum atomic E-state index is 12.5. The second kappa shape index (κ2) is 9.29. The summed E-state index contributed by atoms with van der Waals surface area (Å²) in [4.78, 5) is 18.9. The molecule has 1 aromatic carbocycles. The van der Waals surface area contributed by atoms with Gasteiger partial charge in [0.2, 0.25) is 0 Å². The zero-order chi connectivity index (χ0) is 20.1. The van der Waals surface area contributed by atoms with Gasteiger partial charge in [-0.1, -0.05) is 42.1 Å². The number of nitrogens with one attached hydrogen (secondary N) is 1. The van der Waals surface area contributed by atoms with E-state index in [-0.39, 0.29) is 18.6 Å². The summed E-state index contributed by atoms with van der Waals surface area (Å²) >= 11 is 0. The van der Waals surface area contributed by atoms with Gasteiger partial charge in [0.05, 0.1) is 0 Å². The van der Waals surface area contributed by atoms with Gasteiger partial charge in [0.1, 0.15) is 5.75 Å². The average molecular weight is 399 g/mol. The number of piperidine rings is 1. The molecule has 2 fully saturated rings. The van der Waals surface area contributed by atoms with Crippen molar-refractivity contribution < 1.29 is 14.1 Å². The van der Waals surface area contributed by atoms with Gasteiger partial charge in [-0.25, -0.2) is 4.79 Å². The van der Waals surface area contributed by atoms with Gasteiger partial charge >= 0.3 is 6.03 Å². The largest absolute Gasteiger partial charge is 0.484 e. The molecule has 4 rings (SSSR count). The number of hydrogen-bond acceptors (Lipinski definition) is 5. The number of aryl methyl sites for hydroxylation is 1. The normalized spacial score (nSPS) is 18.6. The third-order valence-corrected chi connectivity index (χ3v) is 5.95. The molecular weight excluding hydrogens is 368 g/mol. The molecule has 29 heavy (non-hydrogen) atoms. The van der Waals surface area contributed by atoms with Gasteiger partial charge in [0.15, 0.2) is 12.4 Å². The molecule has 7 nitrogen and oxygen atoms in total. The molecule has 1 saturated heterocycles. The minimum atomic E-state index is 0.0793. The highest BCUT2D eigenvalue weighted by atomic mass is 16.5. The zero-order valence-electron chi connectivity index (χ0n) is 17.1. The molecule has 1 aliphatic carbocycles. The SMILES string of the molecule is Cc1ccc(OCc2nc(C3CCN(C(=O)NC4CCCCC4)CC3)no2)cc1. The number of carbonyl (C=O) groups excluding carboxylic acids is 1. The van der Waals surface area contributed by atoms with Gasteiger partial charge in [0, 0.05) is 25.0 Å². The number of aromatic nitrogens is 2. The van der Waals surface area contributed by atoms with E-state index in [1.54, 1.807) is 0 Å². The van der Waals surface area contributed by atoms with Crippen molar-refractivity contribution in [3.63, 3.8) is 0 Å². The van der Waals surface area contributed by atoms with E-state index < -0.39 is 0 Å². The standard InChI is InChI=1S/C22H30N4O3/c1-16-7-9-19(10-8-16)28-15-20-24-21(25-29-20)17-11-13-26(14-12-17)22(27)23-18-5-3-2-4-6-18/h7-10,17-18H,2-6,11-15H2,1H3,(H,23,27). The smallest absolute Gasteiger partial charge is 0.317 e. The van der Waals surface area contributed by atoms with Crippen LogP contribution in [0.4, 0.5) is 4.79 Å². The second-order valence-corrected chi connectivity index (χ2v) is 8.19. The molecule has 156 valence electrons. The van der Waals surface area contributed by atoms with Crippen LogP contribution in [0.3, 0.4) is 0 Å². The molecule has 0 spiro atoms. The van der Waals surface area contributed by atoms with E-state index in [1.165, 1.54) is 24.8 Å². The van der Waals surface area contributed by atoms with Gasteiger partial charge in [-0.2, -0.15) is 4.98 Å². The summed E-state index contributed by atoms with van der Waals surface area (Å²) in [5, 5.41) is 7.35. The molecule has 2 amide bonds. The molecule has 1 N–H and O–H groups in total. The van der Waals surface area contributed by atoms with E-state index in [9.17, 15) is 4.79 Å². The molecule has 2 heterocycles. The number of carbonyl (C=O) groups is 1. The Hall–Kier alpha value is -2.57. The van der Waals surface area contributed by atoms with Crippen molar-refractivity contribution in [3.8, 4) is 5.75 Å². The number of likely N-dealkylation sites (tertiary alicyclic amines) is 1. The van der Waals surface area contributed by atoms with Crippen molar-refractivity contribution in [2.75, 3.05) is 13.1 Å². The lowest BCUT2D eigenvalue weighted by Gasteiger charge is -2.33. The predicted octanol–water partition coefficient (Wildman–Crippen LogP) is 4.18. The van der Waals surface area contributed by atoms with Crippen LogP contribution in [0.1, 0.15) is 68.1 Å². The van der Waals surface area contributed by atoms with Gasteiger partial charge < -0.3 is 19.5 Å². The molecule has 2 aromatic rings. The maximum Gasteiger partial charge on any atom is 0.317 e. The number of nitrogens with zero attached hydrogens (tertiary/aromatic N) is 3. The number of ether oxygens (including phenoxy) is 1. The molecule has 0 unspecified atom stereocenters. The first-order chi connectivity index (χ1) is 14.2. The Bertz CT molecular complexity index is 791. The quantitative estimate of drug-likeness (QED) is 0.817. The van der Waals surface area contributed by atoms with Crippen LogP contribution >= 0.6 is 0 Å². The first-order valence-electron chi connectivity index (χ1n) is 10.7. The summed E-state index contributed by atoms with van der Waals surface area (Å²) < 4.78 is 11.1. The molecule has 1 aromatic heterocycles. The summed E-state index contributed by atoms with van der Waals surface area (Å²) in [6, 6.07) is 8.30. The van der Waals surface area contributed by atoms with Crippen LogP contribution in [0.5, 0.6) is 5.75 Å². The number of urea groups is 1. The molecule has 1 saturated carbocycles. The van der Waals surface area contributed by atoms with E-state index in [1.807, 2.05) is 36.1 Å². The molecule has 0 atom stereocenters. The maximum absolute atomic E-state index is 12.5. The summed E-state index contributed by atoms with van der Waals surface area (Å²) in [7, 11) is 0. The first-order valence-corrected chi connectivity index (χ1v) is 10.7. The Kier molecular flexibility index (Phi) is 6.32. The van der Waals surface area contributed by atoms with E-state index in [2.05, 4.69) is 15.5 Å². The molecule has 7 heteroatoms. The van der Waals surface area contributed by atoms with Crippen molar-refractivity contribution >= 4 is 6.03 Å². The highest BCUT2D eigenvalue weighted by molar-refractivity contribution is 5.74. The fourth-order valence-electron chi connectivity index (χ4n) is 4.13. The minimum Gasteiger partial charge on any atom is -0.484 e. The van der Waals surface area contributed by atoms with E-state index >= 15 is 0 Å². The van der Waals surface area contributed by atoms with E-state index in [0.717, 1.165) is 50.3 Å². The van der Waals surface area contributed by atoms with Gasteiger partial charge in [-0.05, 0) is 44.7 Å². The summed E-state index contributed by atoms with van der Waals surface area (Å²) in [5.74, 6) is 2.22. The predicted molar refractivity (Wildman–Crippen MR) is 109 cm³/mol. The molecular formula is C22H30N4O3. The lowest BCUT2D eigenvalue weighted by atomic mass is 9.95. The Balaban J connectivity index is 1.23. The van der Waals surface area contributed by atoms with E-state index in [4.69, 9.17) is 9.26 Å². The number of hydrogen-bond donors (Lipinski definition) is 1. The topological polar surface area (TPSA) is 80.5 Å². The van der Waals surface area contributed by atoms with Crippen molar-refractivity contribution in [1.29, 1.82) is 0 Å². The van der Waals surface area contributed by atoms with Crippen LogP contribution < -0.4 is 10.1 Å². The third-order valence-electron chi connectivity index (χ3n) is 5.95. The van der Waals surface area contributed by atoms with Gasteiger partial charge in [-0.3, -0.25) is 0 Å². The highest BCUT2D eigenvalue weighted by Crippen LogP contribution is 2.26. The van der Waals surface area contributed by atoms with Crippen LogP contribution in [0, 0.1) is 6.92 Å². The minimum absolute atomic E-state index is 0.0793. The van der Waals surface area contributed by atoms with Crippen molar-refractivity contribution in [2.45, 2.75) is 70.4 Å². The number of benzene rings is 1. The van der Waals surface area contributed by atoms with Crippen LogP contribution in [-0.4, -0.2) is 40.2 Å². The van der Waals surface area contributed by atoms with Gasteiger partial charge in [0.25, 0.3) is 5.89 Å². The van der Waals surface area contributed by atoms with Crippen LogP contribution in [-0.2, 0) is 6.61 Å². The fraction of sp³-hybridized carbons (Fsp3) is 0.591. The Morgan fingerprint density at radius 2 is 1.86 bits per heavy atom. The molecule has 0 radical (unpaired) electrons. The average Bonchev–Trinajstić information content (AvgIpc) is 3.23. The molecule has 2 aliphatic rings. The fourth-order valence-corrected chi connectivity index (χ4v) is 4.13.